The number of halogens is 2. The lowest BCUT2D eigenvalue weighted by Crippen LogP contribution is -2.22. The monoisotopic (exact) mass is 211 g/mol. The fraction of sp³-hybridized carbons (Fsp3) is 0.500. The molecule has 0 spiro atoms. The van der Waals surface area contributed by atoms with E-state index in [9.17, 15) is 8.78 Å². The van der Waals surface area contributed by atoms with Crippen molar-refractivity contribution < 1.29 is 8.78 Å². The fourth-order valence-electron chi connectivity index (χ4n) is 2.17. The molecule has 0 heterocycles. The Morgan fingerprint density at radius 2 is 2.07 bits per heavy atom. The first-order chi connectivity index (χ1) is 7.18. The van der Waals surface area contributed by atoms with Crippen molar-refractivity contribution in [3.8, 4) is 0 Å². The summed E-state index contributed by atoms with van der Waals surface area (Å²) in [4.78, 5) is 0. The molecule has 1 saturated carbocycles. The van der Waals surface area contributed by atoms with E-state index in [1.165, 1.54) is 6.07 Å². The zero-order valence-corrected chi connectivity index (χ0v) is 8.76. The molecule has 1 fully saturated rings. The van der Waals surface area contributed by atoms with Gasteiger partial charge in [-0.05, 0) is 30.9 Å². The molecule has 2 unspecified atom stereocenters. The maximum Gasteiger partial charge on any atom is 0.181 e. The van der Waals surface area contributed by atoms with Crippen molar-refractivity contribution in [3.05, 3.63) is 29.8 Å². The number of hydrogen-bond donors (Lipinski definition) is 1. The van der Waals surface area contributed by atoms with Crippen LogP contribution in [-0.2, 0) is 0 Å². The van der Waals surface area contributed by atoms with Crippen LogP contribution < -0.4 is 5.32 Å². The summed E-state index contributed by atoms with van der Waals surface area (Å²) in [5.74, 6) is -1.02. The largest absolute Gasteiger partial charge is 0.380 e. The van der Waals surface area contributed by atoms with Crippen molar-refractivity contribution in [2.24, 2.45) is 5.92 Å². The second kappa shape index (κ2) is 4.17. The van der Waals surface area contributed by atoms with Crippen LogP contribution in [0.25, 0.3) is 0 Å². The Labute approximate surface area is 88.5 Å². The van der Waals surface area contributed by atoms with Gasteiger partial charge in [-0.1, -0.05) is 19.4 Å². The molecule has 2 rings (SSSR count). The molecule has 3 heteroatoms. The first-order valence-corrected chi connectivity index (χ1v) is 5.39. The predicted octanol–water partition coefficient (Wildman–Crippen LogP) is 3.57. The van der Waals surface area contributed by atoms with Gasteiger partial charge < -0.3 is 5.32 Å². The fourth-order valence-corrected chi connectivity index (χ4v) is 2.17. The molecule has 0 saturated heterocycles. The lowest BCUT2D eigenvalue weighted by atomic mass is 10.1. The van der Waals surface area contributed by atoms with Crippen LogP contribution in [0.15, 0.2) is 18.2 Å². The third-order valence-corrected chi connectivity index (χ3v) is 3.15. The first kappa shape index (κ1) is 10.4. The number of anilines is 1. The Morgan fingerprint density at radius 3 is 2.73 bits per heavy atom. The molecule has 15 heavy (non-hydrogen) atoms. The molecule has 1 aromatic carbocycles. The van der Waals surface area contributed by atoms with Gasteiger partial charge in [0.1, 0.15) is 0 Å². The summed E-state index contributed by atoms with van der Waals surface area (Å²) in [5.41, 5.74) is 0.286. The van der Waals surface area contributed by atoms with E-state index in [0.717, 1.165) is 25.3 Å². The molecule has 1 aromatic rings. The highest BCUT2D eigenvalue weighted by atomic mass is 19.2. The lowest BCUT2D eigenvalue weighted by Gasteiger charge is -2.19. The number of benzene rings is 1. The van der Waals surface area contributed by atoms with Gasteiger partial charge in [0.05, 0.1) is 5.69 Å². The number of rotatable bonds is 2. The summed E-state index contributed by atoms with van der Waals surface area (Å²) in [7, 11) is 0. The van der Waals surface area contributed by atoms with Crippen molar-refractivity contribution in [2.45, 2.75) is 32.2 Å². The van der Waals surface area contributed by atoms with Crippen molar-refractivity contribution >= 4 is 5.69 Å². The first-order valence-electron chi connectivity index (χ1n) is 5.39. The van der Waals surface area contributed by atoms with Crippen molar-refractivity contribution in [2.75, 3.05) is 5.32 Å². The zero-order valence-electron chi connectivity index (χ0n) is 8.76. The van der Waals surface area contributed by atoms with Crippen molar-refractivity contribution in [1.29, 1.82) is 0 Å². The average Bonchev–Trinajstić information content (AvgIpc) is 2.60. The SMILES string of the molecule is CC1CCCC1Nc1cccc(F)c1F. The Kier molecular flexibility index (Phi) is 2.89. The van der Waals surface area contributed by atoms with E-state index >= 15 is 0 Å². The summed E-state index contributed by atoms with van der Waals surface area (Å²) in [6, 6.07) is 4.53. The summed E-state index contributed by atoms with van der Waals surface area (Å²) in [5, 5.41) is 3.08. The molecular weight excluding hydrogens is 196 g/mol. The summed E-state index contributed by atoms with van der Waals surface area (Å²) in [6.45, 7) is 2.14. The molecule has 0 aliphatic heterocycles. The third kappa shape index (κ3) is 2.11. The molecule has 0 radical (unpaired) electrons. The van der Waals surface area contributed by atoms with Gasteiger partial charge in [-0.3, -0.25) is 0 Å². The van der Waals surface area contributed by atoms with E-state index in [1.807, 2.05) is 0 Å². The van der Waals surface area contributed by atoms with Gasteiger partial charge in [0.25, 0.3) is 0 Å². The minimum atomic E-state index is -0.786. The standard InChI is InChI=1S/C12H15F2N/c1-8-4-2-6-10(8)15-11-7-3-5-9(13)12(11)14/h3,5,7-8,10,15H,2,4,6H2,1H3. The van der Waals surface area contributed by atoms with E-state index < -0.39 is 11.6 Å². The molecule has 1 N–H and O–H groups in total. The van der Waals surface area contributed by atoms with E-state index in [4.69, 9.17) is 0 Å². The lowest BCUT2D eigenvalue weighted by molar-refractivity contribution is 0.503. The Bertz CT molecular complexity index is 351. The third-order valence-electron chi connectivity index (χ3n) is 3.15. The topological polar surface area (TPSA) is 12.0 Å². The molecule has 2 atom stereocenters. The normalized spacial score (nSPS) is 25.5. The summed E-state index contributed by atoms with van der Waals surface area (Å²) < 4.78 is 26.3. The van der Waals surface area contributed by atoms with Crippen LogP contribution in [-0.4, -0.2) is 6.04 Å². The smallest absolute Gasteiger partial charge is 0.181 e. The molecule has 0 aromatic heterocycles. The van der Waals surface area contributed by atoms with Gasteiger partial charge >= 0.3 is 0 Å². The quantitative estimate of drug-likeness (QED) is 0.788. The van der Waals surface area contributed by atoms with E-state index in [2.05, 4.69) is 12.2 Å². The Balaban J connectivity index is 2.13. The van der Waals surface area contributed by atoms with Gasteiger partial charge in [-0.25, -0.2) is 8.78 Å². The number of hydrogen-bond acceptors (Lipinski definition) is 1. The highest BCUT2D eigenvalue weighted by Crippen LogP contribution is 2.29. The highest BCUT2D eigenvalue weighted by Gasteiger charge is 2.24. The van der Waals surface area contributed by atoms with Crippen molar-refractivity contribution in [1.82, 2.24) is 0 Å². The molecule has 1 nitrogen and oxygen atoms in total. The Hall–Kier alpha value is -1.12. The number of nitrogens with one attached hydrogen (secondary N) is 1. The molecule has 0 bridgehead atoms. The molecule has 0 amide bonds. The van der Waals surface area contributed by atoms with Crippen LogP contribution in [0.2, 0.25) is 0 Å². The minimum absolute atomic E-state index is 0.279. The van der Waals surface area contributed by atoms with Crippen LogP contribution in [0.1, 0.15) is 26.2 Å². The van der Waals surface area contributed by atoms with E-state index in [0.29, 0.717) is 5.92 Å². The van der Waals surface area contributed by atoms with E-state index in [-0.39, 0.29) is 11.7 Å². The minimum Gasteiger partial charge on any atom is -0.380 e. The average molecular weight is 211 g/mol. The van der Waals surface area contributed by atoms with Gasteiger partial charge in [0, 0.05) is 6.04 Å². The van der Waals surface area contributed by atoms with Gasteiger partial charge in [0.15, 0.2) is 11.6 Å². The van der Waals surface area contributed by atoms with Gasteiger partial charge in [-0.15, -0.1) is 0 Å². The van der Waals surface area contributed by atoms with Gasteiger partial charge in [-0.2, -0.15) is 0 Å². The second-order valence-electron chi connectivity index (χ2n) is 4.26. The highest BCUT2D eigenvalue weighted by molar-refractivity contribution is 5.46. The van der Waals surface area contributed by atoms with Crippen LogP contribution >= 0.6 is 0 Å². The predicted molar refractivity (Wildman–Crippen MR) is 56.8 cm³/mol. The van der Waals surface area contributed by atoms with Crippen LogP contribution in [0.4, 0.5) is 14.5 Å². The van der Waals surface area contributed by atoms with Crippen LogP contribution in [0.5, 0.6) is 0 Å². The molecular formula is C12H15F2N. The molecule has 1 aliphatic carbocycles. The Morgan fingerprint density at radius 1 is 1.27 bits per heavy atom. The van der Waals surface area contributed by atoms with Crippen molar-refractivity contribution in [3.63, 3.8) is 0 Å². The van der Waals surface area contributed by atoms with Gasteiger partial charge in [0.2, 0.25) is 0 Å². The molecule has 82 valence electrons. The summed E-state index contributed by atoms with van der Waals surface area (Å²) in [6.07, 6.45) is 3.36. The molecule has 1 aliphatic rings. The van der Waals surface area contributed by atoms with Crippen LogP contribution in [0.3, 0.4) is 0 Å². The van der Waals surface area contributed by atoms with E-state index in [1.54, 1.807) is 6.07 Å². The van der Waals surface area contributed by atoms with Crippen LogP contribution in [0, 0.1) is 17.6 Å². The maximum atomic E-state index is 13.3. The second-order valence-corrected chi connectivity index (χ2v) is 4.26. The maximum absolute atomic E-state index is 13.3. The summed E-state index contributed by atoms with van der Waals surface area (Å²) >= 11 is 0. The zero-order chi connectivity index (χ0) is 10.8.